The molecule has 132 valence electrons. The molecule has 1 rings (SSSR count). The highest BCUT2D eigenvalue weighted by atomic mass is 127. The average Bonchev–Trinajstić information content (AvgIpc) is 2.52. The first-order chi connectivity index (χ1) is 10.6. The second kappa shape index (κ2) is 12.4. The SMILES string of the molecule is CCCCN(C)C(=NCCc1ccc(N(C)C)cc1)NCC.I. The number of nitrogens with zero attached hydrogens (tertiary/aromatic N) is 3. The summed E-state index contributed by atoms with van der Waals surface area (Å²) in [7, 11) is 6.24. The Hall–Kier alpha value is -0.980. The maximum Gasteiger partial charge on any atom is 0.193 e. The number of halogens is 1. The van der Waals surface area contributed by atoms with Crippen molar-refractivity contribution in [1.29, 1.82) is 0 Å². The van der Waals surface area contributed by atoms with Gasteiger partial charge in [0.1, 0.15) is 0 Å². The molecule has 0 aliphatic carbocycles. The molecule has 0 saturated carbocycles. The first kappa shape index (κ1) is 22.0. The minimum Gasteiger partial charge on any atom is -0.378 e. The largest absolute Gasteiger partial charge is 0.378 e. The minimum absolute atomic E-state index is 0. The molecular weight excluding hydrogens is 399 g/mol. The lowest BCUT2D eigenvalue weighted by Gasteiger charge is -2.21. The molecule has 0 fully saturated rings. The van der Waals surface area contributed by atoms with E-state index in [0.29, 0.717) is 0 Å². The number of hydrogen-bond donors (Lipinski definition) is 1. The summed E-state index contributed by atoms with van der Waals surface area (Å²) in [6.45, 7) is 7.12. The van der Waals surface area contributed by atoms with Crippen molar-refractivity contribution >= 4 is 35.6 Å². The van der Waals surface area contributed by atoms with Gasteiger partial charge in [-0.3, -0.25) is 4.99 Å². The molecule has 1 N–H and O–H groups in total. The fraction of sp³-hybridized carbons (Fsp3) is 0.611. The number of unbranched alkanes of at least 4 members (excludes halogenated alkanes) is 1. The molecule has 0 atom stereocenters. The molecule has 5 heteroatoms. The van der Waals surface area contributed by atoms with E-state index in [9.17, 15) is 0 Å². The normalized spacial score (nSPS) is 10.9. The molecule has 0 aromatic heterocycles. The molecule has 1 aromatic rings. The van der Waals surface area contributed by atoms with Crippen molar-refractivity contribution in [2.24, 2.45) is 4.99 Å². The molecule has 0 amide bonds. The van der Waals surface area contributed by atoms with Crippen LogP contribution in [0.15, 0.2) is 29.3 Å². The quantitative estimate of drug-likeness (QED) is 0.387. The van der Waals surface area contributed by atoms with E-state index in [0.717, 1.165) is 32.0 Å². The highest BCUT2D eigenvalue weighted by Crippen LogP contribution is 2.12. The predicted octanol–water partition coefficient (Wildman–Crippen LogP) is 3.61. The molecule has 0 aliphatic heterocycles. The van der Waals surface area contributed by atoms with Gasteiger partial charge in [-0.15, -0.1) is 24.0 Å². The fourth-order valence-electron chi connectivity index (χ4n) is 2.22. The first-order valence-electron chi connectivity index (χ1n) is 8.34. The number of benzene rings is 1. The summed E-state index contributed by atoms with van der Waals surface area (Å²) in [6.07, 6.45) is 3.39. The van der Waals surface area contributed by atoms with E-state index in [2.05, 4.69) is 74.4 Å². The van der Waals surface area contributed by atoms with Crippen molar-refractivity contribution in [2.75, 3.05) is 45.7 Å². The van der Waals surface area contributed by atoms with Gasteiger partial charge < -0.3 is 15.1 Å². The standard InChI is InChI=1S/C18H32N4.HI/c1-6-8-15-22(5)18(19-7-2)20-14-13-16-9-11-17(12-10-16)21(3)4;/h9-12H,6-8,13-15H2,1-5H3,(H,19,20);1H. The van der Waals surface area contributed by atoms with Gasteiger partial charge in [-0.2, -0.15) is 0 Å². The summed E-state index contributed by atoms with van der Waals surface area (Å²) in [6, 6.07) is 8.71. The van der Waals surface area contributed by atoms with E-state index in [-0.39, 0.29) is 24.0 Å². The van der Waals surface area contributed by atoms with Gasteiger partial charge in [-0.1, -0.05) is 25.5 Å². The van der Waals surface area contributed by atoms with Gasteiger partial charge >= 0.3 is 0 Å². The Morgan fingerprint density at radius 3 is 2.26 bits per heavy atom. The maximum absolute atomic E-state index is 4.74. The van der Waals surface area contributed by atoms with E-state index in [4.69, 9.17) is 4.99 Å². The summed E-state index contributed by atoms with van der Waals surface area (Å²) in [4.78, 5) is 9.08. The Balaban J connectivity index is 0.00000484. The molecule has 0 spiro atoms. The molecule has 1 aromatic carbocycles. The molecular formula is C18H33IN4. The molecule has 0 radical (unpaired) electrons. The number of aliphatic imine (C=N–C) groups is 1. The van der Waals surface area contributed by atoms with Crippen molar-refractivity contribution < 1.29 is 0 Å². The van der Waals surface area contributed by atoms with Crippen molar-refractivity contribution in [1.82, 2.24) is 10.2 Å². The van der Waals surface area contributed by atoms with Crippen molar-refractivity contribution in [3.8, 4) is 0 Å². The predicted molar refractivity (Wildman–Crippen MR) is 113 cm³/mol. The van der Waals surface area contributed by atoms with Crippen LogP contribution in [0.5, 0.6) is 0 Å². The van der Waals surface area contributed by atoms with E-state index < -0.39 is 0 Å². The monoisotopic (exact) mass is 432 g/mol. The van der Waals surface area contributed by atoms with Crippen LogP contribution in [0.4, 0.5) is 5.69 Å². The van der Waals surface area contributed by atoms with Gasteiger partial charge in [0, 0.05) is 46.5 Å². The Morgan fingerprint density at radius 2 is 1.74 bits per heavy atom. The van der Waals surface area contributed by atoms with Gasteiger partial charge in [0.15, 0.2) is 5.96 Å². The molecule has 0 saturated heterocycles. The van der Waals surface area contributed by atoms with Crippen molar-refractivity contribution in [2.45, 2.75) is 33.1 Å². The zero-order chi connectivity index (χ0) is 16.4. The van der Waals surface area contributed by atoms with Crippen LogP contribution in [0.2, 0.25) is 0 Å². The number of nitrogens with one attached hydrogen (secondary N) is 1. The van der Waals surface area contributed by atoms with Gasteiger partial charge in [0.2, 0.25) is 0 Å². The van der Waals surface area contributed by atoms with Crippen LogP contribution in [0.3, 0.4) is 0 Å². The number of rotatable bonds is 8. The van der Waals surface area contributed by atoms with Crippen LogP contribution < -0.4 is 10.2 Å². The molecule has 0 unspecified atom stereocenters. The summed E-state index contributed by atoms with van der Waals surface area (Å²) < 4.78 is 0. The Bertz CT molecular complexity index is 443. The lowest BCUT2D eigenvalue weighted by atomic mass is 10.1. The third kappa shape index (κ3) is 8.44. The summed E-state index contributed by atoms with van der Waals surface area (Å²) in [5, 5.41) is 3.37. The third-order valence-electron chi connectivity index (χ3n) is 3.66. The first-order valence-corrected chi connectivity index (χ1v) is 8.34. The van der Waals surface area contributed by atoms with Crippen molar-refractivity contribution in [3.63, 3.8) is 0 Å². The molecule has 0 aliphatic rings. The number of guanidine groups is 1. The molecule has 0 heterocycles. The van der Waals surface area contributed by atoms with E-state index in [1.54, 1.807) is 0 Å². The molecule has 23 heavy (non-hydrogen) atoms. The fourth-order valence-corrected chi connectivity index (χ4v) is 2.22. The van der Waals surface area contributed by atoms with Crippen LogP contribution in [0.25, 0.3) is 0 Å². The summed E-state index contributed by atoms with van der Waals surface area (Å²) in [5.74, 6) is 1.01. The second-order valence-electron chi connectivity index (χ2n) is 5.82. The van der Waals surface area contributed by atoms with Crippen LogP contribution in [0.1, 0.15) is 32.3 Å². The van der Waals surface area contributed by atoms with Crippen LogP contribution in [-0.4, -0.2) is 51.6 Å². The highest BCUT2D eigenvalue weighted by molar-refractivity contribution is 14.0. The van der Waals surface area contributed by atoms with Gasteiger partial charge in [-0.05, 0) is 37.5 Å². The van der Waals surface area contributed by atoms with Crippen LogP contribution in [-0.2, 0) is 6.42 Å². The van der Waals surface area contributed by atoms with E-state index >= 15 is 0 Å². The highest BCUT2D eigenvalue weighted by Gasteiger charge is 2.04. The third-order valence-corrected chi connectivity index (χ3v) is 3.66. The zero-order valence-corrected chi connectivity index (χ0v) is 17.6. The lowest BCUT2D eigenvalue weighted by molar-refractivity contribution is 0.465. The number of anilines is 1. The van der Waals surface area contributed by atoms with Gasteiger partial charge in [0.25, 0.3) is 0 Å². The Kier molecular flexibility index (Phi) is 11.9. The molecule has 4 nitrogen and oxygen atoms in total. The van der Waals surface area contributed by atoms with Crippen LogP contribution in [0, 0.1) is 0 Å². The summed E-state index contributed by atoms with van der Waals surface area (Å²) in [5.41, 5.74) is 2.57. The number of hydrogen-bond acceptors (Lipinski definition) is 2. The minimum atomic E-state index is 0. The van der Waals surface area contributed by atoms with Crippen molar-refractivity contribution in [3.05, 3.63) is 29.8 Å². The van der Waals surface area contributed by atoms with E-state index in [1.807, 2.05) is 0 Å². The van der Waals surface area contributed by atoms with Gasteiger partial charge in [-0.25, -0.2) is 0 Å². The summed E-state index contributed by atoms with van der Waals surface area (Å²) >= 11 is 0. The zero-order valence-electron chi connectivity index (χ0n) is 15.3. The van der Waals surface area contributed by atoms with E-state index in [1.165, 1.54) is 24.1 Å². The topological polar surface area (TPSA) is 30.9 Å². The average molecular weight is 432 g/mol. The Morgan fingerprint density at radius 1 is 1.09 bits per heavy atom. The van der Waals surface area contributed by atoms with Gasteiger partial charge in [0.05, 0.1) is 0 Å². The molecule has 0 bridgehead atoms. The Labute approximate surface area is 159 Å². The second-order valence-corrected chi connectivity index (χ2v) is 5.82. The smallest absolute Gasteiger partial charge is 0.193 e. The maximum atomic E-state index is 4.74. The lowest BCUT2D eigenvalue weighted by Crippen LogP contribution is -2.39. The van der Waals surface area contributed by atoms with Crippen LogP contribution >= 0.6 is 24.0 Å².